The van der Waals surface area contributed by atoms with Crippen molar-refractivity contribution in [2.24, 2.45) is 0 Å². The SMILES string of the molecule is COc1cc2ncnc(Nc3cccc(C)c3F)c2cc1OC1CCC2(CC1)NCCNC2=O. The standard InChI is InChI=1S/C25H28FN5O3/c1-15-4-3-5-18(22(15)26)31-23-17-12-21(20(33-2)13-19(17)28-14-29-23)34-16-6-8-25(9-7-16)24(32)27-10-11-30-25/h3-5,12-14,16,30H,6-11H2,1-2H3,(H,27,32)(H,28,29,31). The smallest absolute Gasteiger partial charge is 0.240 e. The molecule has 0 unspecified atom stereocenters. The molecule has 1 saturated carbocycles. The first-order valence-electron chi connectivity index (χ1n) is 11.5. The molecule has 5 rings (SSSR count). The first-order valence-corrected chi connectivity index (χ1v) is 11.5. The number of anilines is 2. The summed E-state index contributed by atoms with van der Waals surface area (Å²) >= 11 is 0. The Bertz CT molecular complexity index is 1230. The van der Waals surface area contributed by atoms with Gasteiger partial charge in [0.05, 0.1) is 30.0 Å². The average Bonchev–Trinajstić information content (AvgIpc) is 2.85. The molecule has 1 amide bonds. The average molecular weight is 466 g/mol. The maximum absolute atomic E-state index is 14.6. The van der Waals surface area contributed by atoms with Gasteiger partial charge in [-0.15, -0.1) is 0 Å². The van der Waals surface area contributed by atoms with Crippen molar-refractivity contribution in [2.45, 2.75) is 44.2 Å². The van der Waals surface area contributed by atoms with Gasteiger partial charge in [0.2, 0.25) is 5.91 Å². The number of aromatic nitrogens is 2. The van der Waals surface area contributed by atoms with E-state index in [1.54, 1.807) is 38.3 Å². The number of hydrogen-bond acceptors (Lipinski definition) is 7. The quantitative estimate of drug-likeness (QED) is 0.530. The fraction of sp³-hybridized carbons (Fsp3) is 0.400. The number of benzene rings is 2. The van der Waals surface area contributed by atoms with Crippen molar-refractivity contribution in [2.75, 3.05) is 25.5 Å². The summed E-state index contributed by atoms with van der Waals surface area (Å²) < 4.78 is 26.5. The maximum Gasteiger partial charge on any atom is 0.240 e. The molecule has 1 saturated heterocycles. The highest BCUT2D eigenvalue weighted by atomic mass is 19.1. The highest BCUT2D eigenvalue weighted by Crippen LogP contribution is 2.38. The lowest BCUT2D eigenvalue weighted by Crippen LogP contribution is -2.64. The lowest BCUT2D eigenvalue weighted by Gasteiger charge is -2.42. The summed E-state index contributed by atoms with van der Waals surface area (Å²) in [5, 5.41) is 10.2. The van der Waals surface area contributed by atoms with Crippen LogP contribution in [0.2, 0.25) is 0 Å². The Labute approximate surface area is 197 Å². The minimum Gasteiger partial charge on any atom is -0.493 e. The van der Waals surface area contributed by atoms with Crippen LogP contribution in [0.4, 0.5) is 15.9 Å². The molecule has 1 aromatic heterocycles. The number of aryl methyl sites for hydroxylation is 1. The molecule has 2 aliphatic rings. The summed E-state index contributed by atoms with van der Waals surface area (Å²) in [6.45, 7) is 3.17. The van der Waals surface area contributed by atoms with Crippen molar-refractivity contribution in [3.8, 4) is 11.5 Å². The predicted octanol–water partition coefficient (Wildman–Crippen LogP) is 3.61. The maximum atomic E-state index is 14.6. The minimum atomic E-state index is -0.492. The van der Waals surface area contributed by atoms with E-state index in [1.807, 2.05) is 6.07 Å². The van der Waals surface area contributed by atoms with Crippen molar-refractivity contribution in [1.29, 1.82) is 0 Å². The first-order chi connectivity index (χ1) is 16.5. The van der Waals surface area contributed by atoms with Gasteiger partial charge in [0.25, 0.3) is 0 Å². The van der Waals surface area contributed by atoms with Gasteiger partial charge < -0.3 is 25.4 Å². The molecule has 2 heterocycles. The van der Waals surface area contributed by atoms with Gasteiger partial charge in [-0.1, -0.05) is 12.1 Å². The van der Waals surface area contributed by atoms with Gasteiger partial charge in [0, 0.05) is 24.5 Å². The zero-order chi connectivity index (χ0) is 23.7. The zero-order valence-corrected chi connectivity index (χ0v) is 19.3. The molecule has 178 valence electrons. The van der Waals surface area contributed by atoms with Crippen molar-refractivity contribution >= 4 is 28.3 Å². The van der Waals surface area contributed by atoms with Crippen LogP contribution in [-0.4, -0.2) is 47.7 Å². The largest absolute Gasteiger partial charge is 0.493 e. The van der Waals surface area contributed by atoms with E-state index in [-0.39, 0.29) is 17.8 Å². The number of fused-ring (bicyclic) bond motifs is 1. The number of halogens is 1. The number of piperazine rings is 1. The molecule has 3 N–H and O–H groups in total. The predicted molar refractivity (Wildman–Crippen MR) is 127 cm³/mol. The molecule has 1 spiro atoms. The molecule has 1 aliphatic carbocycles. The van der Waals surface area contributed by atoms with Gasteiger partial charge in [0.15, 0.2) is 11.5 Å². The van der Waals surface area contributed by atoms with Crippen LogP contribution in [0.15, 0.2) is 36.7 Å². The van der Waals surface area contributed by atoms with Crippen LogP contribution in [0, 0.1) is 12.7 Å². The third-order valence-electron chi connectivity index (χ3n) is 6.75. The topological polar surface area (TPSA) is 97.4 Å². The molecule has 8 nitrogen and oxygen atoms in total. The molecular weight excluding hydrogens is 437 g/mol. The number of nitrogens with zero attached hydrogens (tertiary/aromatic N) is 2. The Morgan fingerprint density at radius 1 is 1.15 bits per heavy atom. The van der Waals surface area contributed by atoms with E-state index in [0.29, 0.717) is 58.9 Å². The van der Waals surface area contributed by atoms with Gasteiger partial charge in [-0.2, -0.15) is 0 Å². The molecule has 0 bridgehead atoms. The molecule has 1 aliphatic heterocycles. The second kappa shape index (κ2) is 9.06. The van der Waals surface area contributed by atoms with Crippen LogP contribution in [0.5, 0.6) is 11.5 Å². The highest BCUT2D eigenvalue weighted by Gasteiger charge is 2.43. The van der Waals surface area contributed by atoms with E-state index in [2.05, 4.69) is 25.9 Å². The Balaban J connectivity index is 1.41. The number of rotatable bonds is 5. The minimum absolute atomic E-state index is 0.0521. The molecule has 0 radical (unpaired) electrons. The van der Waals surface area contributed by atoms with Crippen molar-refractivity contribution in [3.63, 3.8) is 0 Å². The molecule has 3 aromatic rings. The monoisotopic (exact) mass is 465 g/mol. The molecule has 2 fully saturated rings. The van der Waals surface area contributed by atoms with E-state index in [4.69, 9.17) is 9.47 Å². The summed E-state index contributed by atoms with van der Waals surface area (Å²) in [6.07, 6.45) is 4.29. The number of hydrogen-bond donors (Lipinski definition) is 3. The van der Waals surface area contributed by atoms with Gasteiger partial charge in [-0.05, 0) is 50.3 Å². The Kier molecular flexibility index (Phi) is 5.95. The van der Waals surface area contributed by atoms with E-state index in [1.165, 1.54) is 6.33 Å². The zero-order valence-electron chi connectivity index (χ0n) is 19.3. The van der Waals surface area contributed by atoms with Gasteiger partial charge >= 0.3 is 0 Å². The fourth-order valence-corrected chi connectivity index (χ4v) is 4.80. The van der Waals surface area contributed by atoms with Crippen LogP contribution < -0.4 is 25.4 Å². The van der Waals surface area contributed by atoms with Crippen molar-refractivity contribution in [1.82, 2.24) is 20.6 Å². The number of nitrogens with one attached hydrogen (secondary N) is 3. The summed E-state index contributed by atoms with van der Waals surface area (Å²) in [7, 11) is 1.59. The van der Waals surface area contributed by atoms with Gasteiger partial charge in [-0.3, -0.25) is 4.79 Å². The highest BCUT2D eigenvalue weighted by molar-refractivity contribution is 5.93. The summed E-state index contributed by atoms with van der Waals surface area (Å²) in [6, 6.07) is 8.81. The molecule has 2 aromatic carbocycles. The number of carbonyl (C=O) groups is 1. The number of methoxy groups -OCH3 is 1. The molecule has 0 atom stereocenters. The molecular formula is C25H28FN5O3. The van der Waals surface area contributed by atoms with Crippen LogP contribution in [0.1, 0.15) is 31.2 Å². The third kappa shape index (κ3) is 4.11. The van der Waals surface area contributed by atoms with Crippen LogP contribution >= 0.6 is 0 Å². The van der Waals surface area contributed by atoms with Gasteiger partial charge in [-0.25, -0.2) is 14.4 Å². The number of amides is 1. The van der Waals surface area contributed by atoms with Crippen LogP contribution in [0.25, 0.3) is 10.9 Å². The molecule has 34 heavy (non-hydrogen) atoms. The van der Waals surface area contributed by atoms with E-state index < -0.39 is 5.54 Å². The van der Waals surface area contributed by atoms with Crippen molar-refractivity contribution < 1.29 is 18.7 Å². The van der Waals surface area contributed by atoms with E-state index in [0.717, 1.165) is 19.4 Å². The van der Waals surface area contributed by atoms with Crippen LogP contribution in [-0.2, 0) is 4.79 Å². The third-order valence-corrected chi connectivity index (χ3v) is 6.75. The summed E-state index contributed by atoms with van der Waals surface area (Å²) in [4.78, 5) is 21.1. The fourth-order valence-electron chi connectivity index (χ4n) is 4.80. The lowest BCUT2D eigenvalue weighted by atomic mass is 9.78. The Morgan fingerprint density at radius 2 is 1.97 bits per heavy atom. The number of ether oxygens (including phenoxy) is 2. The second-order valence-electron chi connectivity index (χ2n) is 8.89. The van der Waals surface area contributed by atoms with Crippen molar-refractivity contribution in [3.05, 3.63) is 48.0 Å². The normalized spacial score (nSPS) is 22.4. The number of carbonyl (C=O) groups excluding carboxylic acids is 1. The molecule has 9 heteroatoms. The lowest BCUT2D eigenvalue weighted by molar-refractivity contribution is -0.131. The summed E-state index contributed by atoms with van der Waals surface area (Å²) in [5.41, 5.74) is 1.05. The van der Waals surface area contributed by atoms with E-state index >= 15 is 0 Å². The Morgan fingerprint density at radius 3 is 2.74 bits per heavy atom. The Hall–Kier alpha value is -3.46. The summed E-state index contributed by atoms with van der Waals surface area (Å²) in [5.74, 6) is 1.37. The van der Waals surface area contributed by atoms with E-state index in [9.17, 15) is 9.18 Å². The second-order valence-corrected chi connectivity index (χ2v) is 8.89. The van der Waals surface area contributed by atoms with Crippen LogP contribution in [0.3, 0.4) is 0 Å². The first kappa shape index (κ1) is 22.3. The van der Waals surface area contributed by atoms with Gasteiger partial charge in [0.1, 0.15) is 18.0 Å².